The number of rotatable bonds is 6. The summed E-state index contributed by atoms with van der Waals surface area (Å²) in [6.07, 6.45) is 3.97. The molecule has 0 fully saturated rings. The molecule has 0 atom stereocenters. The van der Waals surface area contributed by atoms with E-state index in [1.807, 2.05) is 0 Å². The number of esters is 1. The van der Waals surface area contributed by atoms with Crippen LogP contribution in [0.15, 0.2) is 71.1 Å². The third kappa shape index (κ3) is 3.73. The average molecular weight is 438 g/mol. The SMILES string of the molecule is CCOC(=O)c1ccc2ncc(S(=O)(=O)c3ccc(OC)cc3)c(-n3cncn3)c2c1. The lowest BCUT2D eigenvalue weighted by atomic mass is 10.1. The van der Waals surface area contributed by atoms with Gasteiger partial charge in [0, 0.05) is 11.6 Å². The Bertz CT molecular complexity index is 1350. The molecule has 2 aromatic carbocycles. The van der Waals surface area contributed by atoms with Crippen LogP contribution in [0.2, 0.25) is 0 Å². The van der Waals surface area contributed by atoms with Crippen LogP contribution in [0.4, 0.5) is 0 Å². The number of sulfone groups is 1. The minimum Gasteiger partial charge on any atom is -0.497 e. The van der Waals surface area contributed by atoms with Crippen molar-refractivity contribution < 1.29 is 22.7 Å². The van der Waals surface area contributed by atoms with E-state index in [2.05, 4.69) is 15.1 Å². The van der Waals surface area contributed by atoms with Crippen molar-refractivity contribution in [1.29, 1.82) is 0 Å². The van der Waals surface area contributed by atoms with Gasteiger partial charge in [0.25, 0.3) is 0 Å². The summed E-state index contributed by atoms with van der Waals surface area (Å²) >= 11 is 0. The number of methoxy groups -OCH3 is 1. The Hall–Kier alpha value is -3.79. The Morgan fingerprint density at radius 3 is 2.55 bits per heavy atom. The van der Waals surface area contributed by atoms with Crippen molar-refractivity contribution in [2.45, 2.75) is 16.7 Å². The Morgan fingerprint density at radius 2 is 1.90 bits per heavy atom. The molecule has 0 aliphatic carbocycles. The largest absolute Gasteiger partial charge is 0.497 e. The number of benzene rings is 2. The number of fused-ring (bicyclic) bond motifs is 1. The first kappa shape index (κ1) is 20.5. The second-order valence-corrected chi connectivity index (χ2v) is 8.36. The highest BCUT2D eigenvalue weighted by Crippen LogP contribution is 2.32. The Morgan fingerprint density at radius 1 is 1.13 bits per heavy atom. The van der Waals surface area contributed by atoms with Gasteiger partial charge >= 0.3 is 5.97 Å². The molecule has 0 amide bonds. The first-order valence-electron chi connectivity index (χ1n) is 9.29. The van der Waals surface area contributed by atoms with Crippen molar-refractivity contribution >= 4 is 26.7 Å². The zero-order valence-corrected chi connectivity index (χ0v) is 17.5. The van der Waals surface area contributed by atoms with E-state index in [0.29, 0.717) is 16.7 Å². The van der Waals surface area contributed by atoms with Crippen molar-refractivity contribution in [3.8, 4) is 11.4 Å². The maximum absolute atomic E-state index is 13.5. The number of nitrogens with zero attached hydrogens (tertiary/aromatic N) is 4. The van der Waals surface area contributed by atoms with Gasteiger partial charge in [-0.15, -0.1) is 0 Å². The fourth-order valence-electron chi connectivity index (χ4n) is 3.14. The van der Waals surface area contributed by atoms with Gasteiger partial charge in [-0.05, 0) is 49.4 Å². The number of ether oxygens (including phenoxy) is 2. The second kappa shape index (κ2) is 8.15. The van der Waals surface area contributed by atoms with Gasteiger partial charge in [-0.3, -0.25) is 4.98 Å². The van der Waals surface area contributed by atoms with Crippen molar-refractivity contribution in [1.82, 2.24) is 19.7 Å². The molecular formula is C21H18N4O5S. The van der Waals surface area contributed by atoms with E-state index in [9.17, 15) is 13.2 Å². The zero-order valence-electron chi connectivity index (χ0n) is 16.7. The van der Waals surface area contributed by atoms with Crippen LogP contribution in [-0.4, -0.2) is 47.9 Å². The average Bonchev–Trinajstić information content (AvgIpc) is 3.32. The molecule has 4 rings (SSSR count). The number of aromatic nitrogens is 4. The van der Waals surface area contributed by atoms with Crippen LogP contribution in [0.25, 0.3) is 16.6 Å². The molecule has 31 heavy (non-hydrogen) atoms. The molecule has 158 valence electrons. The highest BCUT2D eigenvalue weighted by Gasteiger charge is 2.26. The normalized spacial score (nSPS) is 11.4. The molecule has 10 heteroatoms. The molecule has 0 saturated heterocycles. The third-order valence-corrected chi connectivity index (χ3v) is 6.39. The summed E-state index contributed by atoms with van der Waals surface area (Å²) in [6, 6.07) is 10.8. The Balaban J connectivity index is 1.98. The van der Waals surface area contributed by atoms with Crippen LogP contribution in [0.5, 0.6) is 5.75 Å². The molecule has 0 saturated carbocycles. The summed E-state index contributed by atoms with van der Waals surface area (Å²) < 4.78 is 38.5. The minimum atomic E-state index is -3.98. The molecule has 0 aliphatic rings. The molecule has 0 radical (unpaired) electrons. The molecule has 2 aromatic heterocycles. The van der Waals surface area contributed by atoms with Crippen molar-refractivity contribution in [2.24, 2.45) is 0 Å². The van der Waals surface area contributed by atoms with Gasteiger partial charge in [0.05, 0.1) is 35.4 Å². The number of hydrogen-bond donors (Lipinski definition) is 0. The van der Waals surface area contributed by atoms with E-state index < -0.39 is 15.8 Å². The van der Waals surface area contributed by atoms with Crippen molar-refractivity contribution in [3.63, 3.8) is 0 Å². The van der Waals surface area contributed by atoms with Gasteiger partial charge in [-0.1, -0.05) is 0 Å². The van der Waals surface area contributed by atoms with E-state index in [1.165, 1.54) is 42.8 Å². The minimum absolute atomic E-state index is 0.0670. The highest BCUT2D eigenvalue weighted by atomic mass is 32.2. The molecule has 0 N–H and O–H groups in total. The van der Waals surface area contributed by atoms with Crippen LogP contribution < -0.4 is 4.74 Å². The fraction of sp³-hybridized carbons (Fsp3) is 0.143. The molecule has 4 aromatic rings. The summed E-state index contributed by atoms with van der Waals surface area (Å²) in [4.78, 5) is 20.5. The molecule has 0 aliphatic heterocycles. The lowest BCUT2D eigenvalue weighted by Gasteiger charge is -2.14. The van der Waals surface area contributed by atoms with Gasteiger partial charge in [0.1, 0.15) is 23.3 Å². The number of carbonyl (C=O) groups excluding carboxylic acids is 1. The maximum atomic E-state index is 13.5. The van der Waals surface area contributed by atoms with Crippen molar-refractivity contribution in [2.75, 3.05) is 13.7 Å². The summed E-state index contributed by atoms with van der Waals surface area (Å²) in [6.45, 7) is 1.93. The zero-order chi connectivity index (χ0) is 22.0. The maximum Gasteiger partial charge on any atom is 0.338 e. The van der Waals surface area contributed by atoms with Gasteiger partial charge in [-0.2, -0.15) is 5.10 Å². The van der Waals surface area contributed by atoms with Crippen LogP contribution in [0.3, 0.4) is 0 Å². The smallest absolute Gasteiger partial charge is 0.338 e. The number of pyridine rings is 1. The van der Waals surface area contributed by atoms with Gasteiger partial charge < -0.3 is 9.47 Å². The predicted molar refractivity (Wildman–Crippen MR) is 111 cm³/mol. The number of hydrogen-bond acceptors (Lipinski definition) is 8. The van der Waals surface area contributed by atoms with E-state index in [4.69, 9.17) is 9.47 Å². The molecule has 9 nitrogen and oxygen atoms in total. The lowest BCUT2D eigenvalue weighted by molar-refractivity contribution is 0.0526. The number of carbonyl (C=O) groups is 1. The predicted octanol–water partition coefficient (Wildman–Crippen LogP) is 2.83. The Kier molecular flexibility index (Phi) is 5.38. The van der Waals surface area contributed by atoms with Crippen molar-refractivity contribution in [3.05, 3.63) is 66.9 Å². The summed E-state index contributed by atoms with van der Waals surface area (Å²) in [5.41, 5.74) is 1.01. The second-order valence-electron chi connectivity index (χ2n) is 6.44. The summed E-state index contributed by atoms with van der Waals surface area (Å²) in [7, 11) is -2.48. The van der Waals surface area contributed by atoms with Crippen LogP contribution in [0, 0.1) is 0 Å². The lowest BCUT2D eigenvalue weighted by Crippen LogP contribution is -2.11. The monoisotopic (exact) mass is 438 g/mol. The fourth-order valence-corrected chi connectivity index (χ4v) is 4.54. The van der Waals surface area contributed by atoms with Crippen LogP contribution in [0.1, 0.15) is 17.3 Å². The third-order valence-electron chi connectivity index (χ3n) is 4.62. The van der Waals surface area contributed by atoms with Gasteiger partial charge in [0.2, 0.25) is 9.84 Å². The van der Waals surface area contributed by atoms with E-state index in [0.717, 1.165) is 0 Å². The summed E-state index contributed by atoms with van der Waals surface area (Å²) in [5, 5.41) is 4.54. The first-order chi connectivity index (χ1) is 15.0. The standard InChI is InChI=1S/C21H18N4O5S/c1-3-30-21(26)14-4-9-18-17(10-14)20(25-13-22-12-24-25)19(11-23-18)31(27,28)16-7-5-15(29-2)6-8-16/h4-13H,3H2,1-2H3. The quantitative estimate of drug-likeness (QED) is 0.422. The molecule has 0 bridgehead atoms. The van der Waals surface area contributed by atoms with E-state index in [1.54, 1.807) is 37.3 Å². The topological polar surface area (TPSA) is 113 Å². The van der Waals surface area contributed by atoms with E-state index in [-0.39, 0.29) is 27.6 Å². The molecule has 0 spiro atoms. The summed E-state index contributed by atoms with van der Waals surface area (Å²) in [5.74, 6) is 0.0171. The van der Waals surface area contributed by atoms with Gasteiger partial charge in [-0.25, -0.2) is 22.9 Å². The molecule has 0 unspecified atom stereocenters. The molecule has 2 heterocycles. The van der Waals surface area contributed by atoms with Crippen LogP contribution >= 0.6 is 0 Å². The molecular weight excluding hydrogens is 420 g/mol. The van der Waals surface area contributed by atoms with Gasteiger partial charge in [0.15, 0.2) is 0 Å². The first-order valence-corrected chi connectivity index (χ1v) is 10.8. The van der Waals surface area contributed by atoms with E-state index >= 15 is 0 Å². The van der Waals surface area contributed by atoms with Crippen LogP contribution in [-0.2, 0) is 14.6 Å². The highest BCUT2D eigenvalue weighted by molar-refractivity contribution is 7.91. The Labute approximate surface area is 178 Å².